The smallest absolute Gasteiger partial charge is 0.264 e. The molecule has 0 aliphatic heterocycles. The molecule has 4 aromatic rings. The maximum Gasteiger partial charge on any atom is 0.264 e. The summed E-state index contributed by atoms with van der Waals surface area (Å²) in [4.78, 5) is 4.93. The summed E-state index contributed by atoms with van der Waals surface area (Å²) in [5.41, 5.74) is 2.22. The first-order valence-corrected chi connectivity index (χ1v) is 10.8. The van der Waals surface area contributed by atoms with Crippen LogP contribution in [0, 0.1) is 0 Å². The van der Waals surface area contributed by atoms with Gasteiger partial charge >= 0.3 is 0 Å². The van der Waals surface area contributed by atoms with Gasteiger partial charge in [-0.1, -0.05) is 24.3 Å². The highest BCUT2D eigenvalue weighted by Crippen LogP contribution is 2.25. The number of para-hydroxylation sites is 1. The minimum Gasteiger partial charge on any atom is -1.00 e. The van der Waals surface area contributed by atoms with Crippen molar-refractivity contribution in [2.75, 3.05) is 11.4 Å². The van der Waals surface area contributed by atoms with Gasteiger partial charge in [0.05, 0.1) is 28.0 Å². The van der Waals surface area contributed by atoms with E-state index < -0.39 is 10.0 Å². The zero-order valence-corrected chi connectivity index (χ0v) is 18.4. The monoisotopic (exact) mass is 442 g/mol. The van der Waals surface area contributed by atoms with Gasteiger partial charge in [0.15, 0.2) is 18.9 Å². The Bertz CT molecular complexity index is 1240. The number of rotatable bonds is 6. The van der Waals surface area contributed by atoms with Crippen LogP contribution in [0.3, 0.4) is 0 Å². The molecule has 0 radical (unpaired) electrons. The van der Waals surface area contributed by atoms with E-state index in [0.29, 0.717) is 11.2 Å². The number of benzene rings is 2. The van der Waals surface area contributed by atoms with E-state index in [1.54, 1.807) is 31.3 Å². The first-order valence-electron chi connectivity index (χ1n) is 9.40. The number of aryl methyl sites for hydroxylation is 3. The first-order chi connectivity index (χ1) is 14.0. The molecule has 0 saturated heterocycles. The third-order valence-corrected chi connectivity index (χ3v) is 6.88. The van der Waals surface area contributed by atoms with Gasteiger partial charge in [-0.2, -0.15) is 0 Å². The van der Waals surface area contributed by atoms with Crippen molar-refractivity contribution < 1.29 is 25.4 Å². The number of nitrogens with zero attached hydrogens (tertiary/aromatic N) is 4. The van der Waals surface area contributed by atoms with E-state index in [9.17, 15) is 8.42 Å². The van der Waals surface area contributed by atoms with E-state index >= 15 is 0 Å². The second-order valence-corrected chi connectivity index (χ2v) is 8.88. The van der Waals surface area contributed by atoms with Gasteiger partial charge in [0, 0.05) is 26.2 Å². The van der Waals surface area contributed by atoms with Crippen molar-refractivity contribution in [2.45, 2.75) is 17.9 Å². The zero-order chi connectivity index (χ0) is 20.4. The summed E-state index contributed by atoms with van der Waals surface area (Å²) < 4.78 is 31.6. The Morgan fingerprint density at radius 1 is 1.00 bits per heavy atom. The summed E-state index contributed by atoms with van der Waals surface area (Å²) in [5.74, 6) is 0.919. The predicted octanol–water partition coefficient (Wildman–Crippen LogP) is -0.0674. The van der Waals surface area contributed by atoms with Crippen molar-refractivity contribution >= 4 is 26.7 Å². The van der Waals surface area contributed by atoms with Gasteiger partial charge in [-0.05, 0) is 30.3 Å². The van der Waals surface area contributed by atoms with Crippen molar-refractivity contribution in [3.63, 3.8) is 0 Å². The summed E-state index contributed by atoms with van der Waals surface area (Å²) >= 11 is 0. The number of halogens is 1. The molecule has 4 rings (SSSR count). The third kappa shape index (κ3) is 4.17. The summed E-state index contributed by atoms with van der Waals surface area (Å²) in [6.07, 6.45) is 4.80. The van der Waals surface area contributed by atoms with Crippen LogP contribution >= 0.6 is 0 Å². The average molecular weight is 443 g/mol. The Labute approximate surface area is 182 Å². The normalized spacial score (nSPS) is 11.3. The van der Waals surface area contributed by atoms with Gasteiger partial charge in [0.2, 0.25) is 0 Å². The maximum absolute atomic E-state index is 13.1. The molecule has 0 N–H and O–H groups in total. The first kappa shape index (κ1) is 21.8. The number of sulfonamides is 1. The molecule has 0 atom stereocenters. The minimum absolute atomic E-state index is 0. The Morgan fingerprint density at radius 2 is 1.67 bits per heavy atom. The van der Waals surface area contributed by atoms with E-state index in [1.165, 1.54) is 4.31 Å². The lowest BCUT2D eigenvalue weighted by atomic mass is 10.3. The van der Waals surface area contributed by atoms with Crippen LogP contribution in [0.4, 0.5) is 5.69 Å². The largest absolute Gasteiger partial charge is 1.00 e. The SMILES string of the molecule is CN(c1ccccc1)S(=O)(=O)c1ccc2c(c1)nc(CC[n+]1ccccc1)n2C.[Cl-]. The predicted molar refractivity (Wildman–Crippen MR) is 113 cm³/mol. The molecule has 2 aromatic heterocycles. The van der Waals surface area contributed by atoms with Gasteiger partial charge in [0.25, 0.3) is 10.0 Å². The number of aromatic nitrogens is 3. The van der Waals surface area contributed by atoms with Crippen LogP contribution in [0.2, 0.25) is 0 Å². The summed E-state index contributed by atoms with van der Waals surface area (Å²) in [6, 6.07) is 20.2. The molecule has 0 amide bonds. The summed E-state index contributed by atoms with van der Waals surface area (Å²) in [5, 5.41) is 0. The minimum atomic E-state index is -3.66. The van der Waals surface area contributed by atoms with Crippen LogP contribution in [-0.2, 0) is 30.0 Å². The highest BCUT2D eigenvalue weighted by Gasteiger charge is 2.22. The lowest BCUT2D eigenvalue weighted by Gasteiger charge is -2.19. The van der Waals surface area contributed by atoms with E-state index in [2.05, 4.69) is 4.57 Å². The molecular formula is C22H23ClN4O2S. The second kappa shape index (κ2) is 8.85. The van der Waals surface area contributed by atoms with Gasteiger partial charge in [-0.25, -0.2) is 18.0 Å². The molecular weight excluding hydrogens is 420 g/mol. The Balaban J connectivity index is 0.00000256. The maximum atomic E-state index is 13.1. The van der Waals surface area contributed by atoms with E-state index in [4.69, 9.17) is 4.98 Å². The Kier molecular flexibility index (Phi) is 6.43. The highest BCUT2D eigenvalue weighted by molar-refractivity contribution is 7.92. The van der Waals surface area contributed by atoms with Crippen molar-refractivity contribution in [1.82, 2.24) is 9.55 Å². The van der Waals surface area contributed by atoms with Crippen molar-refractivity contribution in [2.24, 2.45) is 7.05 Å². The quantitative estimate of drug-likeness (QED) is 0.393. The van der Waals surface area contributed by atoms with Gasteiger partial charge in [0.1, 0.15) is 5.82 Å². The van der Waals surface area contributed by atoms with E-state index in [-0.39, 0.29) is 17.3 Å². The third-order valence-electron chi connectivity index (χ3n) is 5.09. The van der Waals surface area contributed by atoms with E-state index in [1.807, 2.05) is 66.5 Å². The van der Waals surface area contributed by atoms with Crippen molar-refractivity contribution in [1.29, 1.82) is 0 Å². The van der Waals surface area contributed by atoms with Gasteiger partial charge in [-0.3, -0.25) is 4.31 Å². The zero-order valence-electron chi connectivity index (χ0n) is 16.8. The molecule has 0 unspecified atom stereocenters. The topological polar surface area (TPSA) is 59.1 Å². The van der Waals surface area contributed by atoms with Crippen molar-refractivity contribution in [3.8, 4) is 0 Å². The number of imidazole rings is 1. The molecule has 0 fully saturated rings. The molecule has 0 aliphatic rings. The van der Waals surface area contributed by atoms with Crippen LogP contribution in [-0.4, -0.2) is 25.0 Å². The molecule has 0 bridgehead atoms. The highest BCUT2D eigenvalue weighted by atomic mass is 35.5. The van der Waals surface area contributed by atoms with Gasteiger partial charge < -0.3 is 17.0 Å². The fourth-order valence-corrected chi connectivity index (χ4v) is 4.58. The molecule has 2 heterocycles. The second-order valence-electron chi connectivity index (χ2n) is 6.91. The number of fused-ring (bicyclic) bond motifs is 1. The Morgan fingerprint density at radius 3 is 2.37 bits per heavy atom. The number of hydrogen-bond donors (Lipinski definition) is 0. The fourth-order valence-electron chi connectivity index (χ4n) is 3.36. The number of anilines is 1. The summed E-state index contributed by atoms with van der Waals surface area (Å²) in [6.45, 7) is 0.805. The lowest BCUT2D eigenvalue weighted by molar-refractivity contribution is -0.696. The van der Waals surface area contributed by atoms with Crippen LogP contribution in [0.15, 0.2) is 84.0 Å². The average Bonchev–Trinajstić information content (AvgIpc) is 3.08. The van der Waals surface area contributed by atoms with Crippen LogP contribution < -0.4 is 21.3 Å². The lowest BCUT2D eigenvalue weighted by Crippen LogP contribution is -3.00. The molecule has 2 aromatic carbocycles. The molecule has 0 spiro atoms. The van der Waals surface area contributed by atoms with Crippen LogP contribution in [0.5, 0.6) is 0 Å². The molecule has 6 nitrogen and oxygen atoms in total. The molecule has 0 saturated carbocycles. The van der Waals surface area contributed by atoms with Crippen LogP contribution in [0.1, 0.15) is 5.82 Å². The van der Waals surface area contributed by atoms with Crippen molar-refractivity contribution in [3.05, 3.63) is 84.9 Å². The number of pyridine rings is 1. The molecule has 30 heavy (non-hydrogen) atoms. The van der Waals surface area contributed by atoms with Gasteiger partial charge in [-0.15, -0.1) is 0 Å². The summed E-state index contributed by atoms with van der Waals surface area (Å²) in [7, 11) is -0.134. The number of hydrogen-bond acceptors (Lipinski definition) is 3. The van der Waals surface area contributed by atoms with E-state index in [0.717, 1.165) is 24.3 Å². The molecule has 156 valence electrons. The standard InChI is InChI=1S/C22H23N4O2S.ClH/c1-24-21-12-11-19(29(27,28)25(2)18-9-5-3-6-10-18)17-20(21)23-22(24)13-16-26-14-7-4-8-15-26;/h3-12,14-15,17H,13,16H2,1-2H3;1H/q+1;/p-1. The molecule has 0 aliphatic carbocycles. The fraction of sp³-hybridized carbons (Fsp3) is 0.182. The molecule has 8 heteroatoms. The van der Waals surface area contributed by atoms with Crippen LogP contribution in [0.25, 0.3) is 11.0 Å². The Hall–Kier alpha value is -2.90.